The first-order chi connectivity index (χ1) is 9.78. The van der Waals surface area contributed by atoms with Crippen molar-refractivity contribution in [3.63, 3.8) is 0 Å². The average Bonchev–Trinajstić information content (AvgIpc) is 2.89. The maximum atomic E-state index is 12.7. The molecular weight excluding hydrogens is 318 g/mol. The predicted molar refractivity (Wildman–Crippen MR) is 77.1 cm³/mol. The fourth-order valence-corrected chi connectivity index (χ4v) is 4.82. The van der Waals surface area contributed by atoms with Crippen molar-refractivity contribution in [3.8, 4) is 0 Å². The number of benzene rings is 1. The summed E-state index contributed by atoms with van der Waals surface area (Å²) in [5.74, 6) is -1.23. The number of sulfonamides is 1. The molecule has 1 aromatic rings. The molecule has 1 aliphatic heterocycles. The van der Waals surface area contributed by atoms with Gasteiger partial charge in [-0.05, 0) is 37.5 Å². The Morgan fingerprint density at radius 2 is 2.14 bits per heavy atom. The summed E-state index contributed by atoms with van der Waals surface area (Å²) in [6.07, 6.45) is 1.25. The molecule has 0 aromatic heterocycles. The molecule has 1 heterocycles. The van der Waals surface area contributed by atoms with Gasteiger partial charge in [0.1, 0.15) is 0 Å². The van der Waals surface area contributed by atoms with Gasteiger partial charge in [0, 0.05) is 17.6 Å². The topological polar surface area (TPSA) is 94.9 Å². The van der Waals surface area contributed by atoms with Gasteiger partial charge < -0.3 is 10.2 Å². The molecule has 0 amide bonds. The van der Waals surface area contributed by atoms with E-state index < -0.39 is 22.0 Å². The molecule has 1 atom stereocenters. The molecule has 6 nitrogen and oxygen atoms in total. The van der Waals surface area contributed by atoms with Gasteiger partial charge in [0.25, 0.3) is 0 Å². The van der Waals surface area contributed by atoms with E-state index in [4.69, 9.17) is 16.7 Å². The Morgan fingerprint density at radius 1 is 1.48 bits per heavy atom. The van der Waals surface area contributed by atoms with E-state index in [9.17, 15) is 18.3 Å². The van der Waals surface area contributed by atoms with Gasteiger partial charge in [-0.15, -0.1) is 0 Å². The standard InChI is InChI=1S/C13H16ClNO5S/c1-8-11(13(17)18)5-9(14)6-12(8)21(19,20)15-4-2-3-10(15)7-16/h5-6,10,16H,2-4,7H2,1H3,(H,17,18)/t10-/m1/s1. The number of hydrogen-bond donors (Lipinski definition) is 2. The summed E-state index contributed by atoms with van der Waals surface area (Å²) in [5, 5.41) is 18.5. The lowest BCUT2D eigenvalue weighted by Crippen LogP contribution is -2.38. The van der Waals surface area contributed by atoms with E-state index in [1.807, 2.05) is 0 Å². The Bertz CT molecular complexity index is 673. The van der Waals surface area contributed by atoms with Crippen molar-refractivity contribution in [2.75, 3.05) is 13.2 Å². The number of carboxylic acids is 1. The van der Waals surface area contributed by atoms with Crippen LogP contribution in [0.5, 0.6) is 0 Å². The third-order valence-electron chi connectivity index (χ3n) is 3.68. The number of rotatable bonds is 4. The van der Waals surface area contributed by atoms with E-state index in [1.54, 1.807) is 0 Å². The molecule has 1 saturated heterocycles. The highest BCUT2D eigenvalue weighted by Crippen LogP contribution is 2.31. The number of carbonyl (C=O) groups is 1. The molecule has 0 saturated carbocycles. The molecule has 2 rings (SSSR count). The second-order valence-corrected chi connectivity index (χ2v) is 7.27. The van der Waals surface area contributed by atoms with Gasteiger partial charge in [-0.3, -0.25) is 0 Å². The van der Waals surface area contributed by atoms with E-state index in [1.165, 1.54) is 23.4 Å². The monoisotopic (exact) mass is 333 g/mol. The first-order valence-corrected chi connectivity index (χ1v) is 8.27. The van der Waals surface area contributed by atoms with Crippen LogP contribution in [0.4, 0.5) is 0 Å². The number of hydrogen-bond acceptors (Lipinski definition) is 4. The molecule has 0 spiro atoms. The van der Waals surface area contributed by atoms with Gasteiger partial charge in [0.05, 0.1) is 17.1 Å². The van der Waals surface area contributed by atoms with Crippen LogP contribution in [-0.2, 0) is 10.0 Å². The lowest BCUT2D eigenvalue weighted by atomic mass is 10.1. The molecule has 2 N–H and O–H groups in total. The van der Waals surface area contributed by atoms with Crippen molar-refractivity contribution in [1.82, 2.24) is 4.31 Å². The molecular formula is C13H16ClNO5S. The smallest absolute Gasteiger partial charge is 0.336 e. The molecule has 0 aliphatic carbocycles. The van der Waals surface area contributed by atoms with Crippen LogP contribution in [0, 0.1) is 6.92 Å². The van der Waals surface area contributed by atoms with Crippen LogP contribution in [0.1, 0.15) is 28.8 Å². The van der Waals surface area contributed by atoms with Gasteiger partial charge in [0.2, 0.25) is 10.0 Å². The van der Waals surface area contributed by atoms with Crippen molar-refractivity contribution in [3.05, 3.63) is 28.3 Å². The highest BCUT2D eigenvalue weighted by molar-refractivity contribution is 7.89. The van der Waals surface area contributed by atoms with Crippen LogP contribution in [-0.4, -0.2) is 48.1 Å². The van der Waals surface area contributed by atoms with Crippen molar-refractivity contribution < 1.29 is 23.4 Å². The van der Waals surface area contributed by atoms with E-state index in [2.05, 4.69) is 0 Å². The number of halogens is 1. The third-order valence-corrected chi connectivity index (χ3v) is 5.97. The summed E-state index contributed by atoms with van der Waals surface area (Å²) in [6, 6.07) is 2.01. The average molecular weight is 334 g/mol. The SMILES string of the molecule is Cc1c(C(=O)O)cc(Cl)cc1S(=O)(=O)N1CCC[C@@H]1CO. The van der Waals surface area contributed by atoms with Crippen LogP contribution in [0.3, 0.4) is 0 Å². The van der Waals surface area contributed by atoms with Gasteiger partial charge in [-0.1, -0.05) is 11.6 Å². The zero-order valence-electron chi connectivity index (χ0n) is 11.4. The Kier molecular flexibility index (Phi) is 4.57. The minimum absolute atomic E-state index is 0.0521. The Morgan fingerprint density at radius 3 is 2.71 bits per heavy atom. The first kappa shape index (κ1) is 16.2. The van der Waals surface area contributed by atoms with Gasteiger partial charge >= 0.3 is 5.97 Å². The summed E-state index contributed by atoms with van der Waals surface area (Å²) in [4.78, 5) is 11.1. The maximum Gasteiger partial charge on any atom is 0.336 e. The number of aliphatic hydroxyl groups excluding tert-OH is 1. The molecule has 1 aromatic carbocycles. The van der Waals surface area contributed by atoms with Crippen LogP contribution >= 0.6 is 11.6 Å². The number of aromatic carboxylic acids is 1. The van der Waals surface area contributed by atoms with Crippen molar-refractivity contribution in [2.24, 2.45) is 0 Å². The normalized spacial score (nSPS) is 19.9. The molecule has 21 heavy (non-hydrogen) atoms. The van der Waals surface area contributed by atoms with Crippen LogP contribution < -0.4 is 0 Å². The molecule has 1 fully saturated rings. The Hall–Kier alpha value is -1.15. The number of carboxylic acid groups (broad SMARTS) is 1. The molecule has 0 bridgehead atoms. The van der Waals surface area contributed by atoms with Crippen LogP contribution in [0.15, 0.2) is 17.0 Å². The largest absolute Gasteiger partial charge is 0.478 e. The van der Waals surface area contributed by atoms with Crippen molar-refractivity contribution in [1.29, 1.82) is 0 Å². The summed E-state index contributed by atoms with van der Waals surface area (Å²) in [7, 11) is -3.88. The predicted octanol–water partition coefficient (Wildman–Crippen LogP) is 1.49. The molecule has 0 radical (unpaired) electrons. The second-order valence-electron chi connectivity index (χ2n) is 4.98. The van der Waals surface area contributed by atoms with Crippen LogP contribution in [0.25, 0.3) is 0 Å². The Balaban J connectivity index is 2.57. The lowest BCUT2D eigenvalue weighted by Gasteiger charge is -2.23. The quantitative estimate of drug-likeness (QED) is 0.870. The fourth-order valence-electron chi connectivity index (χ4n) is 2.58. The van der Waals surface area contributed by atoms with E-state index in [0.29, 0.717) is 19.4 Å². The highest BCUT2D eigenvalue weighted by Gasteiger charge is 2.36. The highest BCUT2D eigenvalue weighted by atomic mass is 35.5. The van der Waals surface area contributed by atoms with Gasteiger partial charge in [-0.25, -0.2) is 13.2 Å². The summed E-state index contributed by atoms with van der Waals surface area (Å²) in [5.41, 5.74) is 0.0105. The molecule has 1 aliphatic rings. The zero-order valence-corrected chi connectivity index (χ0v) is 13.0. The summed E-state index contributed by atoms with van der Waals surface area (Å²) >= 11 is 5.85. The van der Waals surface area contributed by atoms with Gasteiger partial charge in [-0.2, -0.15) is 4.31 Å². The molecule has 8 heteroatoms. The molecule has 116 valence electrons. The lowest BCUT2D eigenvalue weighted by molar-refractivity contribution is 0.0695. The van der Waals surface area contributed by atoms with E-state index in [0.717, 1.165) is 0 Å². The van der Waals surface area contributed by atoms with E-state index in [-0.39, 0.29) is 27.7 Å². The minimum atomic E-state index is -3.88. The number of nitrogens with zero attached hydrogens (tertiary/aromatic N) is 1. The van der Waals surface area contributed by atoms with Crippen molar-refractivity contribution >= 4 is 27.6 Å². The number of aliphatic hydroxyl groups is 1. The maximum absolute atomic E-state index is 12.7. The second kappa shape index (κ2) is 5.92. The first-order valence-electron chi connectivity index (χ1n) is 6.45. The van der Waals surface area contributed by atoms with Gasteiger partial charge in [0.15, 0.2) is 0 Å². The molecule has 0 unspecified atom stereocenters. The summed E-state index contributed by atoms with van der Waals surface area (Å²) < 4.78 is 26.6. The van der Waals surface area contributed by atoms with Crippen molar-refractivity contribution in [2.45, 2.75) is 30.7 Å². The third kappa shape index (κ3) is 2.91. The minimum Gasteiger partial charge on any atom is -0.478 e. The van der Waals surface area contributed by atoms with Crippen LogP contribution in [0.2, 0.25) is 5.02 Å². The summed E-state index contributed by atoms with van der Waals surface area (Å²) in [6.45, 7) is 1.49. The fraction of sp³-hybridized carbons (Fsp3) is 0.462. The van der Waals surface area contributed by atoms with E-state index >= 15 is 0 Å². The zero-order chi connectivity index (χ0) is 15.8. The Labute approximate surface area is 128 Å².